The molecule has 0 aliphatic carbocycles. The van der Waals surface area contributed by atoms with Crippen LogP contribution in [0.15, 0.2) is 75.5 Å². The summed E-state index contributed by atoms with van der Waals surface area (Å²) in [7, 11) is 0. The molecule has 2 aliphatic heterocycles. The predicted octanol–water partition coefficient (Wildman–Crippen LogP) is 5.91. The molecule has 4 amide bonds. The van der Waals surface area contributed by atoms with Crippen molar-refractivity contribution in [1.82, 2.24) is 9.80 Å². The number of allylic oxidation sites excluding steroid dienone is 2. The first-order valence-electron chi connectivity index (χ1n) is 15.0. The quantitative estimate of drug-likeness (QED) is 0.125. The van der Waals surface area contributed by atoms with Gasteiger partial charge in [-0.05, 0) is 82.7 Å². The summed E-state index contributed by atoms with van der Waals surface area (Å²) in [6.07, 6.45) is -9.21. The number of nitrogens with one attached hydrogen (secondary N) is 1. The second-order valence-corrected chi connectivity index (χ2v) is 12.1. The highest BCUT2D eigenvalue weighted by molar-refractivity contribution is 7.89. The molecule has 2 aromatic rings. The number of alkyl halides is 6. The number of amides is 4. The summed E-state index contributed by atoms with van der Waals surface area (Å²) in [5.41, 5.74) is 2.60. The highest BCUT2D eigenvalue weighted by atomic mass is 32.2. The van der Waals surface area contributed by atoms with Crippen molar-refractivity contribution in [3.8, 4) is 0 Å². The number of para-hydroxylation sites is 1. The number of fused-ring (bicyclic) bond motifs is 1. The van der Waals surface area contributed by atoms with Gasteiger partial charge in [0.1, 0.15) is 17.6 Å². The van der Waals surface area contributed by atoms with Gasteiger partial charge in [-0.15, -0.1) is 0 Å². The zero-order valence-electron chi connectivity index (χ0n) is 26.3. The van der Waals surface area contributed by atoms with E-state index in [1.165, 1.54) is 17.2 Å². The maximum atomic E-state index is 13.5. The van der Waals surface area contributed by atoms with E-state index < -0.39 is 64.9 Å². The Hall–Kier alpha value is -5.00. The minimum absolute atomic E-state index is 0.0593. The zero-order chi connectivity index (χ0) is 36.5. The van der Waals surface area contributed by atoms with Gasteiger partial charge in [0.05, 0.1) is 17.0 Å². The molecule has 264 valence electrons. The molecule has 1 N–H and O–H groups in total. The third-order valence-corrected chi connectivity index (χ3v) is 7.96. The van der Waals surface area contributed by atoms with E-state index in [-0.39, 0.29) is 31.2 Å². The summed E-state index contributed by atoms with van der Waals surface area (Å²) in [5.74, 6) is 3.09. The van der Waals surface area contributed by atoms with E-state index in [0.29, 0.717) is 43.6 Å². The Balaban J connectivity index is 1.52. The number of nitrogens with zero attached hydrogens (tertiary/aromatic N) is 4. The van der Waals surface area contributed by atoms with Gasteiger partial charge in [0.15, 0.2) is 6.10 Å². The summed E-state index contributed by atoms with van der Waals surface area (Å²) in [6, 6.07) is 7.67. The molecule has 50 heavy (non-hydrogen) atoms. The van der Waals surface area contributed by atoms with Crippen LogP contribution in [0.4, 0.5) is 41.6 Å². The summed E-state index contributed by atoms with van der Waals surface area (Å²) < 4.78 is 101. The van der Waals surface area contributed by atoms with Crippen molar-refractivity contribution in [2.75, 3.05) is 31.2 Å². The first kappa shape index (κ1) is 37.8. The van der Waals surface area contributed by atoms with E-state index in [4.69, 9.17) is 4.74 Å². The molecule has 10 nitrogen and oxygen atoms in total. The van der Waals surface area contributed by atoms with Crippen LogP contribution in [-0.4, -0.2) is 82.2 Å². The molecule has 2 atom stereocenters. The summed E-state index contributed by atoms with van der Waals surface area (Å²) in [4.78, 5) is 45.5. The molecule has 0 saturated carbocycles. The van der Waals surface area contributed by atoms with Crippen LogP contribution in [-0.2, 0) is 46.1 Å². The van der Waals surface area contributed by atoms with E-state index in [1.54, 1.807) is 11.0 Å². The number of hydrogen-bond donors (Lipinski definition) is 1. The Kier molecular flexibility index (Phi) is 12.6. The average Bonchev–Trinajstić information content (AvgIpc) is 3.22. The number of benzene rings is 2. The molecule has 2 aliphatic rings. The van der Waals surface area contributed by atoms with Crippen molar-refractivity contribution in [1.29, 1.82) is 0 Å². The van der Waals surface area contributed by atoms with E-state index in [1.807, 2.05) is 18.2 Å². The second kappa shape index (κ2) is 16.6. The molecule has 1 unspecified atom stereocenters. The van der Waals surface area contributed by atoms with Crippen LogP contribution in [0.25, 0.3) is 0 Å². The van der Waals surface area contributed by atoms with Crippen molar-refractivity contribution in [3.05, 3.63) is 88.3 Å². The first-order chi connectivity index (χ1) is 23.6. The lowest BCUT2D eigenvalue weighted by molar-refractivity contribution is -0.143. The Morgan fingerprint density at radius 3 is 2.26 bits per heavy atom. The minimum Gasteiger partial charge on any atom is -0.591 e. The highest BCUT2D eigenvalue weighted by Crippen LogP contribution is 2.37. The number of urea groups is 1. The Bertz CT molecular complexity index is 1760. The lowest BCUT2D eigenvalue weighted by Crippen LogP contribution is -2.50. The fraction of sp³-hybridized carbons (Fsp3) is 0.364. The lowest BCUT2D eigenvalue weighted by atomic mass is 10.00. The number of rotatable bonds is 7. The fourth-order valence-electron chi connectivity index (χ4n) is 5.23. The number of likely N-dealkylation sites (tertiary alicyclic amines) is 1. The van der Waals surface area contributed by atoms with Crippen LogP contribution in [0.5, 0.6) is 0 Å². The van der Waals surface area contributed by atoms with Gasteiger partial charge in [0.25, 0.3) is 5.91 Å². The van der Waals surface area contributed by atoms with Gasteiger partial charge in [-0.1, -0.05) is 18.2 Å². The van der Waals surface area contributed by atoms with Crippen molar-refractivity contribution in [3.63, 3.8) is 0 Å². The summed E-state index contributed by atoms with van der Waals surface area (Å²) in [5, 5.41) is 2.89. The third-order valence-electron chi connectivity index (χ3n) is 7.61. The van der Waals surface area contributed by atoms with E-state index >= 15 is 0 Å². The maximum Gasteiger partial charge on any atom is 0.416 e. The maximum absolute atomic E-state index is 13.5. The number of hydrogen-bond acceptors (Lipinski definition) is 6. The Labute approximate surface area is 285 Å². The molecule has 1 saturated heterocycles. The lowest BCUT2D eigenvalue weighted by Gasteiger charge is -2.37. The molecule has 2 aromatic carbocycles. The van der Waals surface area contributed by atoms with Crippen molar-refractivity contribution in [2.24, 2.45) is 9.39 Å². The largest absolute Gasteiger partial charge is 0.591 e. The van der Waals surface area contributed by atoms with Crippen molar-refractivity contribution >= 4 is 46.8 Å². The number of carbonyl (C=O) groups is 3. The standard InChI is InChI=1S/C33H29F6N5O5S/c1-50(48)41-14-7-3-2-6-13-40-29(45)28(20-22-18-24(32(34,35)36)21-25(19-22)33(37,38)39)49-31(47)43-15-11-26(12-16-43)44-17-10-23-8-4-5-9-27(23)42-30(44)46/h2-5,8-9,18-19,21,26,28H,10-12,15-17,20H2,1H3,(H,42,46)/t28-,50?/m1/s1. The van der Waals surface area contributed by atoms with Gasteiger partial charge in [0, 0.05) is 43.7 Å². The average molecular weight is 722 g/mol. The van der Waals surface area contributed by atoms with Gasteiger partial charge < -0.3 is 24.4 Å². The second-order valence-electron chi connectivity index (χ2n) is 11.1. The molecule has 0 spiro atoms. The predicted molar refractivity (Wildman–Crippen MR) is 171 cm³/mol. The molecule has 2 heterocycles. The number of anilines is 1. The summed E-state index contributed by atoms with van der Waals surface area (Å²) in [6.45, 7) is 0.609. The normalized spacial score (nSPS) is 16.1. The van der Waals surface area contributed by atoms with Gasteiger partial charge in [-0.2, -0.15) is 31.3 Å². The molecule has 17 heteroatoms. The third kappa shape index (κ3) is 10.8. The molecule has 0 radical (unpaired) electrons. The molecule has 0 aromatic heterocycles. The highest BCUT2D eigenvalue weighted by Gasteiger charge is 2.38. The van der Waals surface area contributed by atoms with Gasteiger partial charge in [-0.25, -0.2) is 9.59 Å². The van der Waals surface area contributed by atoms with Crippen LogP contribution in [0.3, 0.4) is 0 Å². The zero-order valence-corrected chi connectivity index (χ0v) is 27.1. The first-order valence-corrected chi connectivity index (χ1v) is 16.5. The number of halogens is 6. The van der Waals surface area contributed by atoms with Gasteiger partial charge in [-0.3, -0.25) is 4.79 Å². The van der Waals surface area contributed by atoms with Crippen LogP contribution >= 0.6 is 0 Å². The molecule has 0 bridgehead atoms. The smallest absolute Gasteiger partial charge is 0.416 e. The SMILES string of the molecule is C[S+]([O-])N=C=C=CC=C=C=NC(=O)[C@@H](Cc1cc(C(F)(F)F)cc(C(F)(F)F)c1)OC(=O)N1CCC(N2CCc3ccccc3NC2=O)CC1. The molecule has 1 fully saturated rings. The van der Waals surface area contributed by atoms with E-state index in [2.05, 4.69) is 37.9 Å². The van der Waals surface area contributed by atoms with Crippen molar-refractivity contribution in [2.45, 2.75) is 50.2 Å². The van der Waals surface area contributed by atoms with Crippen LogP contribution in [0.2, 0.25) is 0 Å². The van der Waals surface area contributed by atoms with Crippen molar-refractivity contribution < 1.29 is 50.0 Å². The minimum atomic E-state index is -5.14. The van der Waals surface area contributed by atoms with E-state index in [0.717, 1.165) is 11.6 Å². The van der Waals surface area contributed by atoms with Gasteiger partial charge >= 0.3 is 24.5 Å². The number of piperidine rings is 1. The monoisotopic (exact) mass is 721 g/mol. The summed E-state index contributed by atoms with van der Waals surface area (Å²) >= 11 is -1.51. The molecular formula is C33H29F6N5O5S. The molecule has 4 rings (SSSR count). The van der Waals surface area contributed by atoms with Crippen LogP contribution in [0, 0.1) is 0 Å². The van der Waals surface area contributed by atoms with Crippen LogP contribution in [0.1, 0.15) is 35.1 Å². The fourth-order valence-corrected chi connectivity index (χ4v) is 5.41. The number of ether oxygens (including phenoxy) is 1. The van der Waals surface area contributed by atoms with E-state index in [9.17, 15) is 45.3 Å². The number of carbonyl (C=O) groups excluding carboxylic acids is 3. The van der Waals surface area contributed by atoms with Gasteiger partial charge in [0.2, 0.25) is 0 Å². The van der Waals surface area contributed by atoms with Crippen LogP contribution < -0.4 is 5.32 Å². The topological polar surface area (TPSA) is 127 Å². The molecular weight excluding hydrogens is 692 g/mol. The number of aliphatic imine (C=N–C) groups is 1. The Morgan fingerprint density at radius 2 is 1.64 bits per heavy atom. The Morgan fingerprint density at radius 1 is 1.02 bits per heavy atom.